The lowest BCUT2D eigenvalue weighted by atomic mass is 10.1. The van der Waals surface area contributed by atoms with E-state index in [1.807, 2.05) is 13.8 Å². The number of aromatic carboxylic acids is 1. The number of ether oxygens (including phenoxy) is 1. The molecule has 0 spiro atoms. The molecular formula is C13H20N2O4. The lowest BCUT2D eigenvalue weighted by Gasteiger charge is -2.23. The number of aromatic amines is 1. The first kappa shape index (κ1) is 15.2. The summed E-state index contributed by atoms with van der Waals surface area (Å²) in [7, 11) is 1.57. The predicted octanol–water partition coefficient (Wildman–Crippen LogP) is 1.48. The first-order valence-corrected chi connectivity index (χ1v) is 5.95. The molecule has 106 valence electrons. The summed E-state index contributed by atoms with van der Waals surface area (Å²) < 4.78 is 5.21. The number of rotatable bonds is 5. The van der Waals surface area contributed by atoms with Gasteiger partial charge in [-0.2, -0.15) is 0 Å². The van der Waals surface area contributed by atoms with Gasteiger partial charge in [-0.15, -0.1) is 0 Å². The molecule has 0 aliphatic rings. The van der Waals surface area contributed by atoms with Crippen LogP contribution in [0.4, 0.5) is 0 Å². The molecule has 3 N–H and O–H groups in total. The molecule has 0 aliphatic carbocycles. The van der Waals surface area contributed by atoms with Gasteiger partial charge in [0, 0.05) is 19.3 Å². The smallest absolute Gasteiger partial charge is 0.352 e. The maximum absolute atomic E-state index is 12.1. The van der Waals surface area contributed by atoms with Crippen molar-refractivity contribution in [1.29, 1.82) is 0 Å². The fourth-order valence-corrected chi connectivity index (χ4v) is 1.76. The van der Waals surface area contributed by atoms with Gasteiger partial charge in [-0.3, -0.25) is 4.79 Å². The van der Waals surface area contributed by atoms with Crippen LogP contribution in [0.5, 0.6) is 0 Å². The van der Waals surface area contributed by atoms with E-state index in [0.717, 1.165) is 0 Å². The van der Waals surface area contributed by atoms with E-state index in [9.17, 15) is 9.59 Å². The predicted molar refractivity (Wildman–Crippen MR) is 70.6 cm³/mol. The quantitative estimate of drug-likeness (QED) is 0.754. The first-order valence-electron chi connectivity index (χ1n) is 5.95. The van der Waals surface area contributed by atoms with E-state index in [-0.39, 0.29) is 11.6 Å². The van der Waals surface area contributed by atoms with Gasteiger partial charge in [-0.1, -0.05) is 0 Å². The van der Waals surface area contributed by atoms with Crippen molar-refractivity contribution in [3.63, 3.8) is 0 Å². The summed E-state index contributed by atoms with van der Waals surface area (Å²) in [5.41, 5.74) is 0.946. The zero-order chi connectivity index (χ0) is 14.8. The van der Waals surface area contributed by atoms with Gasteiger partial charge in [0.2, 0.25) is 0 Å². The number of methoxy groups -OCH3 is 1. The second-order valence-corrected chi connectivity index (χ2v) is 5.08. The maximum atomic E-state index is 12.1. The number of aromatic nitrogens is 1. The van der Waals surface area contributed by atoms with E-state index in [1.165, 1.54) is 0 Å². The molecule has 0 fully saturated rings. The van der Waals surface area contributed by atoms with Gasteiger partial charge < -0.3 is 20.1 Å². The van der Waals surface area contributed by atoms with Crippen molar-refractivity contribution in [1.82, 2.24) is 10.3 Å². The fourth-order valence-electron chi connectivity index (χ4n) is 1.76. The van der Waals surface area contributed by atoms with Gasteiger partial charge >= 0.3 is 5.97 Å². The number of nitrogens with one attached hydrogen (secondary N) is 2. The molecule has 0 saturated heterocycles. The number of H-pyrrole nitrogens is 1. The molecule has 0 saturated carbocycles. The van der Waals surface area contributed by atoms with Crippen LogP contribution in [-0.2, 0) is 4.74 Å². The Morgan fingerprint density at radius 3 is 2.37 bits per heavy atom. The number of carboxylic acids is 1. The molecule has 0 aromatic carbocycles. The molecule has 0 bridgehead atoms. The van der Waals surface area contributed by atoms with Gasteiger partial charge in [0.25, 0.3) is 5.91 Å². The SMILES string of the molecule is COC(C)(C)CNC(=O)c1c(C)[nH]c(C(=O)O)c1C. The van der Waals surface area contributed by atoms with E-state index in [1.54, 1.807) is 21.0 Å². The topological polar surface area (TPSA) is 91.4 Å². The van der Waals surface area contributed by atoms with Crippen LogP contribution in [0.15, 0.2) is 0 Å². The molecule has 0 radical (unpaired) electrons. The number of carboxylic acid groups (broad SMARTS) is 1. The second-order valence-electron chi connectivity index (χ2n) is 5.08. The van der Waals surface area contributed by atoms with Crippen molar-refractivity contribution >= 4 is 11.9 Å². The fraction of sp³-hybridized carbons (Fsp3) is 0.538. The van der Waals surface area contributed by atoms with Crippen LogP contribution in [-0.4, -0.2) is 41.2 Å². The highest BCUT2D eigenvalue weighted by Gasteiger charge is 2.23. The van der Waals surface area contributed by atoms with Gasteiger partial charge in [-0.05, 0) is 33.3 Å². The van der Waals surface area contributed by atoms with Crippen molar-refractivity contribution in [2.45, 2.75) is 33.3 Å². The highest BCUT2D eigenvalue weighted by atomic mass is 16.5. The van der Waals surface area contributed by atoms with Crippen molar-refractivity contribution in [2.24, 2.45) is 0 Å². The Morgan fingerprint density at radius 1 is 1.37 bits per heavy atom. The number of carbonyl (C=O) groups excluding carboxylic acids is 1. The zero-order valence-electron chi connectivity index (χ0n) is 11.9. The summed E-state index contributed by atoms with van der Waals surface area (Å²) in [4.78, 5) is 25.8. The monoisotopic (exact) mass is 268 g/mol. The minimum atomic E-state index is -1.07. The van der Waals surface area contributed by atoms with Crippen LogP contribution in [0.25, 0.3) is 0 Å². The second kappa shape index (κ2) is 5.44. The summed E-state index contributed by atoms with van der Waals surface area (Å²) in [6.07, 6.45) is 0. The van der Waals surface area contributed by atoms with Crippen LogP contribution >= 0.6 is 0 Å². The number of hydrogen-bond donors (Lipinski definition) is 3. The van der Waals surface area contributed by atoms with E-state index >= 15 is 0 Å². The molecule has 1 aromatic rings. The van der Waals surface area contributed by atoms with Crippen molar-refractivity contribution in [3.05, 3.63) is 22.5 Å². The number of hydrogen-bond acceptors (Lipinski definition) is 3. The third kappa shape index (κ3) is 3.35. The average Bonchev–Trinajstić information content (AvgIpc) is 2.62. The number of aryl methyl sites for hydroxylation is 1. The Kier molecular flexibility index (Phi) is 4.36. The highest BCUT2D eigenvalue weighted by molar-refractivity contribution is 6.00. The molecule has 0 unspecified atom stereocenters. The van der Waals surface area contributed by atoms with Gasteiger partial charge in [-0.25, -0.2) is 4.79 Å². The third-order valence-corrected chi connectivity index (χ3v) is 3.11. The Labute approximate surface area is 112 Å². The third-order valence-electron chi connectivity index (χ3n) is 3.11. The maximum Gasteiger partial charge on any atom is 0.352 e. The van der Waals surface area contributed by atoms with Crippen LogP contribution in [0.3, 0.4) is 0 Å². The van der Waals surface area contributed by atoms with Crippen LogP contribution in [0.1, 0.15) is 46.0 Å². The Bertz CT molecular complexity index is 503. The standard InChI is InChI=1S/C13H20N2O4/c1-7-9(8(2)15-10(7)12(17)18)11(16)14-6-13(3,4)19-5/h15H,6H2,1-5H3,(H,14,16)(H,17,18). The first-order chi connectivity index (χ1) is 8.69. The Morgan fingerprint density at radius 2 is 1.95 bits per heavy atom. The van der Waals surface area contributed by atoms with E-state index in [0.29, 0.717) is 23.4 Å². The van der Waals surface area contributed by atoms with Gasteiger partial charge in [0.15, 0.2) is 0 Å². The largest absolute Gasteiger partial charge is 0.477 e. The molecule has 6 nitrogen and oxygen atoms in total. The summed E-state index contributed by atoms with van der Waals surface area (Å²) >= 11 is 0. The summed E-state index contributed by atoms with van der Waals surface area (Å²) in [6, 6.07) is 0. The van der Waals surface area contributed by atoms with Gasteiger partial charge in [0.1, 0.15) is 5.69 Å². The lowest BCUT2D eigenvalue weighted by molar-refractivity contribution is 0.0228. The normalized spacial score (nSPS) is 11.4. The summed E-state index contributed by atoms with van der Waals surface area (Å²) in [5, 5.41) is 11.7. The number of amides is 1. The molecule has 1 heterocycles. The molecule has 0 atom stereocenters. The van der Waals surface area contributed by atoms with E-state index in [2.05, 4.69) is 10.3 Å². The molecule has 1 rings (SSSR count). The van der Waals surface area contributed by atoms with Gasteiger partial charge in [0.05, 0.1) is 11.2 Å². The van der Waals surface area contributed by atoms with E-state index < -0.39 is 11.6 Å². The van der Waals surface area contributed by atoms with E-state index in [4.69, 9.17) is 9.84 Å². The van der Waals surface area contributed by atoms with Crippen molar-refractivity contribution in [3.8, 4) is 0 Å². The molecule has 1 amide bonds. The Hall–Kier alpha value is -1.82. The van der Waals surface area contributed by atoms with Crippen LogP contribution < -0.4 is 5.32 Å². The molecule has 0 aliphatic heterocycles. The van der Waals surface area contributed by atoms with Crippen LogP contribution in [0.2, 0.25) is 0 Å². The zero-order valence-corrected chi connectivity index (χ0v) is 11.9. The highest BCUT2D eigenvalue weighted by Crippen LogP contribution is 2.18. The Balaban J connectivity index is 2.92. The van der Waals surface area contributed by atoms with Crippen molar-refractivity contribution < 1.29 is 19.4 Å². The minimum Gasteiger partial charge on any atom is -0.477 e. The minimum absolute atomic E-state index is 0.0497. The summed E-state index contributed by atoms with van der Waals surface area (Å²) in [5.74, 6) is -1.37. The van der Waals surface area contributed by atoms with Crippen LogP contribution in [0, 0.1) is 13.8 Å². The summed E-state index contributed by atoms with van der Waals surface area (Å²) in [6.45, 7) is 7.34. The lowest BCUT2D eigenvalue weighted by Crippen LogP contribution is -2.40. The molecular weight excluding hydrogens is 248 g/mol. The van der Waals surface area contributed by atoms with Crippen molar-refractivity contribution in [2.75, 3.05) is 13.7 Å². The molecule has 1 aromatic heterocycles. The number of carbonyl (C=O) groups is 2. The molecule has 19 heavy (non-hydrogen) atoms. The average molecular weight is 268 g/mol. The molecule has 6 heteroatoms.